The van der Waals surface area contributed by atoms with Crippen molar-refractivity contribution in [2.24, 2.45) is 0 Å². The molecule has 2 aromatic rings. The quantitative estimate of drug-likeness (QED) is 0.761. The summed E-state index contributed by atoms with van der Waals surface area (Å²) >= 11 is 1.70. The van der Waals surface area contributed by atoms with E-state index in [1.165, 1.54) is 4.88 Å². The van der Waals surface area contributed by atoms with Crippen LogP contribution in [-0.2, 0) is 9.47 Å². The normalized spacial score (nSPS) is 10.8. The molecule has 21 heavy (non-hydrogen) atoms. The molecule has 2 rings (SSSR count). The highest BCUT2D eigenvalue weighted by atomic mass is 32.1. The first-order chi connectivity index (χ1) is 10.3. The average Bonchev–Trinajstić information content (AvgIpc) is 3.02. The van der Waals surface area contributed by atoms with E-state index < -0.39 is 0 Å². The van der Waals surface area contributed by atoms with Gasteiger partial charge in [0.25, 0.3) is 0 Å². The molecule has 2 N–H and O–H groups in total. The topological polar surface area (TPSA) is 47.7 Å². The van der Waals surface area contributed by atoms with Crippen molar-refractivity contribution in [2.45, 2.75) is 0 Å². The minimum absolute atomic E-state index is 0.683. The van der Waals surface area contributed by atoms with E-state index in [0.717, 1.165) is 30.0 Å². The number of thiophene rings is 1. The summed E-state index contributed by atoms with van der Waals surface area (Å²) in [5.74, 6) is 0. The summed E-state index contributed by atoms with van der Waals surface area (Å²) in [4.78, 5) is 3.44. The van der Waals surface area contributed by atoms with Crippen molar-refractivity contribution in [1.29, 1.82) is 0 Å². The summed E-state index contributed by atoms with van der Waals surface area (Å²) in [7, 11) is 3.43. The molecule has 0 spiro atoms. The van der Waals surface area contributed by atoms with Gasteiger partial charge in [-0.3, -0.25) is 0 Å². The standard InChI is InChI=1S/C16H22N2O2S/c1-19-9-7-18(8-10-20-2)13-5-6-15(17)14(12-13)16-4-3-11-21-16/h3-6,11-12H,7-10,17H2,1-2H3. The smallest absolute Gasteiger partial charge is 0.0637 e. The molecule has 114 valence electrons. The minimum atomic E-state index is 0.683. The molecule has 0 aliphatic carbocycles. The molecule has 5 heteroatoms. The third-order valence-electron chi connectivity index (χ3n) is 3.32. The summed E-state index contributed by atoms with van der Waals surface area (Å²) in [5, 5.41) is 2.06. The zero-order chi connectivity index (χ0) is 15.1. The molecule has 1 heterocycles. The van der Waals surface area contributed by atoms with Crippen LogP contribution in [0.1, 0.15) is 0 Å². The number of methoxy groups -OCH3 is 2. The van der Waals surface area contributed by atoms with Gasteiger partial charge < -0.3 is 20.1 Å². The van der Waals surface area contributed by atoms with Crippen LogP contribution in [0.4, 0.5) is 11.4 Å². The maximum atomic E-state index is 6.12. The summed E-state index contributed by atoms with van der Waals surface area (Å²) in [6, 6.07) is 10.3. The number of anilines is 2. The van der Waals surface area contributed by atoms with Crippen molar-refractivity contribution in [2.75, 3.05) is 51.2 Å². The van der Waals surface area contributed by atoms with Gasteiger partial charge in [0.2, 0.25) is 0 Å². The summed E-state index contributed by atoms with van der Waals surface area (Å²) in [6.45, 7) is 3.02. The molecule has 0 fully saturated rings. The van der Waals surface area contributed by atoms with Crippen LogP contribution >= 0.6 is 11.3 Å². The molecule has 0 saturated carbocycles. The van der Waals surface area contributed by atoms with Gasteiger partial charge >= 0.3 is 0 Å². The molecule has 0 radical (unpaired) electrons. The van der Waals surface area contributed by atoms with Crippen LogP contribution in [0.5, 0.6) is 0 Å². The van der Waals surface area contributed by atoms with Crippen LogP contribution in [0, 0.1) is 0 Å². The first kappa shape index (κ1) is 15.8. The molecule has 0 aliphatic heterocycles. The first-order valence-electron chi connectivity index (χ1n) is 6.92. The minimum Gasteiger partial charge on any atom is -0.398 e. The highest BCUT2D eigenvalue weighted by Gasteiger charge is 2.10. The number of hydrogen-bond donors (Lipinski definition) is 1. The molecular weight excluding hydrogens is 284 g/mol. The maximum Gasteiger partial charge on any atom is 0.0637 e. The van der Waals surface area contributed by atoms with Gasteiger partial charge in [-0.1, -0.05) is 6.07 Å². The van der Waals surface area contributed by atoms with Crippen LogP contribution in [0.15, 0.2) is 35.7 Å². The fraction of sp³-hybridized carbons (Fsp3) is 0.375. The number of benzene rings is 1. The predicted molar refractivity (Wildman–Crippen MR) is 90.1 cm³/mol. The molecule has 0 unspecified atom stereocenters. The predicted octanol–water partition coefficient (Wildman–Crippen LogP) is 3.10. The zero-order valence-corrected chi connectivity index (χ0v) is 13.4. The Morgan fingerprint density at radius 1 is 1.10 bits per heavy atom. The van der Waals surface area contributed by atoms with Crippen LogP contribution in [0.2, 0.25) is 0 Å². The highest BCUT2D eigenvalue weighted by Crippen LogP contribution is 2.33. The Hall–Kier alpha value is -1.56. The van der Waals surface area contributed by atoms with Crippen molar-refractivity contribution >= 4 is 22.7 Å². The van der Waals surface area contributed by atoms with Gasteiger partial charge in [-0.05, 0) is 29.6 Å². The Balaban J connectivity index is 2.25. The van der Waals surface area contributed by atoms with E-state index in [1.807, 2.05) is 12.1 Å². The van der Waals surface area contributed by atoms with Crippen molar-refractivity contribution in [3.63, 3.8) is 0 Å². The Morgan fingerprint density at radius 3 is 2.38 bits per heavy atom. The monoisotopic (exact) mass is 306 g/mol. The van der Waals surface area contributed by atoms with E-state index in [4.69, 9.17) is 15.2 Å². The molecule has 0 bridgehead atoms. The number of hydrogen-bond acceptors (Lipinski definition) is 5. The van der Waals surface area contributed by atoms with Gasteiger partial charge in [-0.15, -0.1) is 11.3 Å². The SMILES string of the molecule is COCCN(CCOC)c1ccc(N)c(-c2cccs2)c1. The summed E-state index contributed by atoms with van der Waals surface area (Å²) < 4.78 is 10.4. The summed E-state index contributed by atoms with van der Waals surface area (Å²) in [5.41, 5.74) is 9.15. The Labute approximate surface area is 130 Å². The molecule has 1 aromatic heterocycles. The molecule has 0 atom stereocenters. The number of nitrogens with zero attached hydrogens (tertiary/aromatic N) is 1. The maximum absolute atomic E-state index is 6.12. The van der Waals surface area contributed by atoms with Crippen LogP contribution in [0.3, 0.4) is 0 Å². The van der Waals surface area contributed by atoms with E-state index in [9.17, 15) is 0 Å². The highest BCUT2D eigenvalue weighted by molar-refractivity contribution is 7.13. The fourth-order valence-corrected chi connectivity index (χ4v) is 2.92. The van der Waals surface area contributed by atoms with E-state index in [1.54, 1.807) is 25.6 Å². The van der Waals surface area contributed by atoms with Crippen LogP contribution < -0.4 is 10.6 Å². The molecule has 0 aliphatic rings. The van der Waals surface area contributed by atoms with Crippen molar-refractivity contribution in [3.05, 3.63) is 35.7 Å². The molecule has 0 amide bonds. The second-order valence-electron chi connectivity index (χ2n) is 4.72. The van der Waals surface area contributed by atoms with Gasteiger partial charge in [0.1, 0.15) is 0 Å². The number of rotatable bonds is 8. The lowest BCUT2D eigenvalue weighted by Gasteiger charge is -2.25. The zero-order valence-electron chi connectivity index (χ0n) is 12.5. The lowest BCUT2D eigenvalue weighted by molar-refractivity contribution is 0.190. The molecular formula is C16H22N2O2S. The van der Waals surface area contributed by atoms with Crippen molar-refractivity contribution in [1.82, 2.24) is 0 Å². The van der Waals surface area contributed by atoms with E-state index in [-0.39, 0.29) is 0 Å². The molecule has 0 saturated heterocycles. The van der Waals surface area contributed by atoms with E-state index >= 15 is 0 Å². The lowest BCUT2D eigenvalue weighted by Crippen LogP contribution is -2.30. The number of nitrogens with two attached hydrogens (primary N) is 1. The largest absolute Gasteiger partial charge is 0.398 e. The van der Waals surface area contributed by atoms with Gasteiger partial charge in [0.15, 0.2) is 0 Å². The van der Waals surface area contributed by atoms with Crippen LogP contribution in [0.25, 0.3) is 10.4 Å². The fourth-order valence-electron chi connectivity index (χ4n) is 2.16. The Morgan fingerprint density at radius 2 is 1.81 bits per heavy atom. The van der Waals surface area contributed by atoms with Crippen LogP contribution in [-0.4, -0.2) is 40.5 Å². The second kappa shape index (κ2) is 8.02. The van der Waals surface area contributed by atoms with Gasteiger partial charge in [0.05, 0.1) is 13.2 Å². The lowest BCUT2D eigenvalue weighted by atomic mass is 10.1. The van der Waals surface area contributed by atoms with Gasteiger partial charge in [-0.25, -0.2) is 0 Å². The first-order valence-corrected chi connectivity index (χ1v) is 7.80. The van der Waals surface area contributed by atoms with Crippen molar-refractivity contribution in [3.8, 4) is 10.4 Å². The van der Waals surface area contributed by atoms with Gasteiger partial charge in [-0.2, -0.15) is 0 Å². The molecule has 1 aromatic carbocycles. The Kier molecular flexibility index (Phi) is 6.04. The van der Waals surface area contributed by atoms with Crippen molar-refractivity contribution < 1.29 is 9.47 Å². The molecule has 4 nitrogen and oxygen atoms in total. The number of nitrogen functional groups attached to an aromatic ring is 1. The third-order valence-corrected chi connectivity index (χ3v) is 4.22. The van der Waals surface area contributed by atoms with E-state index in [2.05, 4.69) is 28.5 Å². The third kappa shape index (κ3) is 4.20. The Bertz CT molecular complexity index is 535. The van der Waals surface area contributed by atoms with E-state index in [0.29, 0.717) is 13.2 Å². The summed E-state index contributed by atoms with van der Waals surface area (Å²) in [6.07, 6.45) is 0. The number of ether oxygens (including phenoxy) is 2. The van der Waals surface area contributed by atoms with Gasteiger partial charge in [0, 0.05) is 49.1 Å². The average molecular weight is 306 g/mol. The second-order valence-corrected chi connectivity index (χ2v) is 5.67.